The lowest BCUT2D eigenvalue weighted by atomic mass is 9.99. The fourth-order valence-electron chi connectivity index (χ4n) is 4.48. The van der Waals surface area contributed by atoms with Gasteiger partial charge < -0.3 is 15.0 Å². The second-order valence-corrected chi connectivity index (χ2v) is 8.40. The summed E-state index contributed by atoms with van der Waals surface area (Å²) in [5.41, 5.74) is 4.44. The van der Waals surface area contributed by atoms with Crippen LogP contribution in [0, 0.1) is 0 Å². The summed E-state index contributed by atoms with van der Waals surface area (Å²) in [6.45, 7) is 1.09. The van der Waals surface area contributed by atoms with Gasteiger partial charge in [0.05, 0.1) is 13.1 Å². The second-order valence-electron chi connectivity index (χ2n) is 8.40. The maximum absolute atomic E-state index is 12.5. The Morgan fingerprint density at radius 3 is 2.75 bits per heavy atom. The SMILES string of the molecule is O=C(CN1C[C@@H](c2ccccc2)CC1=O)NC[C@H]1Cc2cc(-c3cccnc3)ccc2O1. The van der Waals surface area contributed by atoms with Crippen molar-refractivity contribution in [3.05, 3.63) is 84.2 Å². The molecular weight excluding hydrogens is 402 g/mol. The number of amides is 2. The molecule has 0 unspecified atom stereocenters. The summed E-state index contributed by atoms with van der Waals surface area (Å²) in [5.74, 6) is 0.889. The third kappa shape index (κ3) is 4.35. The predicted molar refractivity (Wildman–Crippen MR) is 121 cm³/mol. The van der Waals surface area contributed by atoms with Crippen molar-refractivity contribution in [2.45, 2.75) is 24.9 Å². The maximum Gasteiger partial charge on any atom is 0.239 e. The normalized spacial score (nSPS) is 19.5. The molecule has 2 amide bonds. The van der Waals surface area contributed by atoms with Crippen LogP contribution in [0.4, 0.5) is 0 Å². The molecule has 2 aliphatic rings. The number of carbonyl (C=O) groups excluding carboxylic acids is 2. The van der Waals surface area contributed by atoms with Crippen LogP contribution >= 0.6 is 0 Å². The van der Waals surface area contributed by atoms with E-state index in [4.69, 9.17) is 4.74 Å². The van der Waals surface area contributed by atoms with Crippen LogP contribution in [0.15, 0.2) is 73.1 Å². The summed E-state index contributed by atoms with van der Waals surface area (Å²) in [5, 5.41) is 2.94. The van der Waals surface area contributed by atoms with Crippen LogP contribution in [0.5, 0.6) is 5.75 Å². The molecule has 2 aromatic carbocycles. The molecule has 1 aromatic heterocycles. The number of likely N-dealkylation sites (tertiary alicyclic amines) is 1. The molecular formula is C26H25N3O3. The third-order valence-electron chi connectivity index (χ3n) is 6.14. The highest BCUT2D eigenvalue weighted by atomic mass is 16.5. The van der Waals surface area contributed by atoms with Gasteiger partial charge in [-0.2, -0.15) is 0 Å². The van der Waals surface area contributed by atoms with Crippen molar-refractivity contribution in [3.63, 3.8) is 0 Å². The van der Waals surface area contributed by atoms with E-state index in [1.54, 1.807) is 11.1 Å². The Morgan fingerprint density at radius 1 is 1.06 bits per heavy atom. The van der Waals surface area contributed by atoms with E-state index in [0.717, 1.165) is 34.4 Å². The van der Waals surface area contributed by atoms with Crippen LogP contribution in [-0.2, 0) is 16.0 Å². The second kappa shape index (κ2) is 8.83. The monoisotopic (exact) mass is 427 g/mol. The van der Waals surface area contributed by atoms with E-state index in [1.807, 2.05) is 60.8 Å². The molecule has 2 atom stereocenters. The molecule has 0 bridgehead atoms. The van der Waals surface area contributed by atoms with Crippen LogP contribution in [0.2, 0.25) is 0 Å². The van der Waals surface area contributed by atoms with Gasteiger partial charge in [0, 0.05) is 43.3 Å². The van der Waals surface area contributed by atoms with Crippen molar-refractivity contribution in [2.75, 3.05) is 19.6 Å². The quantitative estimate of drug-likeness (QED) is 0.656. The molecule has 1 fully saturated rings. The van der Waals surface area contributed by atoms with E-state index < -0.39 is 0 Å². The van der Waals surface area contributed by atoms with E-state index in [1.165, 1.54) is 0 Å². The van der Waals surface area contributed by atoms with E-state index in [0.29, 0.717) is 19.5 Å². The first-order chi connectivity index (χ1) is 15.7. The Balaban J connectivity index is 1.13. The first-order valence-corrected chi connectivity index (χ1v) is 10.9. The lowest BCUT2D eigenvalue weighted by molar-refractivity contribution is -0.133. The van der Waals surface area contributed by atoms with Gasteiger partial charge >= 0.3 is 0 Å². The molecule has 2 aliphatic heterocycles. The number of benzene rings is 2. The number of ether oxygens (including phenoxy) is 1. The lowest BCUT2D eigenvalue weighted by Gasteiger charge is -2.17. The number of aromatic nitrogens is 1. The number of carbonyl (C=O) groups is 2. The molecule has 1 saturated heterocycles. The van der Waals surface area contributed by atoms with Gasteiger partial charge in [0.1, 0.15) is 11.9 Å². The fraction of sp³-hybridized carbons (Fsp3) is 0.269. The number of hydrogen-bond acceptors (Lipinski definition) is 4. The minimum Gasteiger partial charge on any atom is -0.488 e. The van der Waals surface area contributed by atoms with Crippen LogP contribution in [0.1, 0.15) is 23.5 Å². The standard InChI is InChI=1S/C26H25N3O3/c30-25(17-29-16-22(13-26(29)31)18-5-2-1-3-6-18)28-15-23-12-21-11-19(8-9-24(21)32-23)20-7-4-10-27-14-20/h1-11,14,22-23H,12-13,15-17H2,(H,28,30)/t22-,23+/m0/s1. The highest BCUT2D eigenvalue weighted by molar-refractivity contribution is 5.86. The van der Waals surface area contributed by atoms with Gasteiger partial charge in [-0.15, -0.1) is 0 Å². The molecule has 6 heteroatoms. The number of pyridine rings is 1. The van der Waals surface area contributed by atoms with E-state index in [-0.39, 0.29) is 30.4 Å². The van der Waals surface area contributed by atoms with Crippen molar-refractivity contribution < 1.29 is 14.3 Å². The number of fused-ring (bicyclic) bond motifs is 1. The predicted octanol–water partition coefficient (Wildman–Crippen LogP) is 3.18. The number of nitrogens with zero attached hydrogens (tertiary/aromatic N) is 2. The van der Waals surface area contributed by atoms with Gasteiger partial charge in [0.25, 0.3) is 0 Å². The first-order valence-electron chi connectivity index (χ1n) is 10.9. The summed E-state index contributed by atoms with van der Waals surface area (Å²) in [7, 11) is 0. The molecule has 0 radical (unpaired) electrons. The Hall–Kier alpha value is -3.67. The Morgan fingerprint density at radius 2 is 1.94 bits per heavy atom. The van der Waals surface area contributed by atoms with Crippen molar-refractivity contribution in [1.29, 1.82) is 0 Å². The van der Waals surface area contributed by atoms with Gasteiger partial charge in [-0.25, -0.2) is 0 Å². The fourth-order valence-corrected chi connectivity index (χ4v) is 4.48. The van der Waals surface area contributed by atoms with Gasteiger partial charge in [-0.05, 0) is 34.9 Å². The van der Waals surface area contributed by atoms with E-state index >= 15 is 0 Å². The summed E-state index contributed by atoms with van der Waals surface area (Å²) in [4.78, 5) is 30.7. The highest BCUT2D eigenvalue weighted by Crippen LogP contribution is 2.32. The molecule has 5 rings (SSSR count). The summed E-state index contributed by atoms with van der Waals surface area (Å²) >= 11 is 0. The third-order valence-corrected chi connectivity index (χ3v) is 6.14. The molecule has 6 nitrogen and oxygen atoms in total. The average Bonchev–Trinajstić information content (AvgIpc) is 3.41. The molecule has 0 spiro atoms. The van der Waals surface area contributed by atoms with Crippen LogP contribution in [-0.4, -0.2) is 47.4 Å². The smallest absolute Gasteiger partial charge is 0.239 e. The molecule has 32 heavy (non-hydrogen) atoms. The Bertz CT molecular complexity index is 1120. The zero-order chi connectivity index (χ0) is 21.9. The molecule has 1 N–H and O–H groups in total. The molecule has 3 heterocycles. The van der Waals surface area contributed by atoms with Gasteiger partial charge in [0.15, 0.2) is 0 Å². The number of hydrogen-bond donors (Lipinski definition) is 1. The zero-order valence-corrected chi connectivity index (χ0v) is 17.7. The lowest BCUT2D eigenvalue weighted by Crippen LogP contribution is -2.41. The minimum atomic E-state index is -0.150. The largest absolute Gasteiger partial charge is 0.488 e. The average molecular weight is 428 g/mol. The van der Waals surface area contributed by atoms with Crippen molar-refractivity contribution in [1.82, 2.24) is 15.2 Å². The topological polar surface area (TPSA) is 71.5 Å². The maximum atomic E-state index is 12.5. The highest BCUT2D eigenvalue weighted by Gasteiger charge is 2.32. The van der Waals surface area contributed by atoms with E-state index in [2.05, 4.69) is 16.4 Å². The Kier molecular flexibility index (Phi) is 5.58. The van der Waals surface area contributed by atoms with Gasteiger partial charge in [-0.3, -0.25) is 14.6 Å². The summed E-state index contributed by atoms with van der Waals surface area (Å²) < 4.78 is 6.00. The van der Waals surface area contributed by atoms with Crippen molar-refractivity contribution in [3.8, 4) is 16.9 Å². The zero-order valence-electron chi connectivity index (χ0n) is 17.7. The minimum absolute atomic E-state index is 0.0291. The van der Waals surface area contributed by atoms with Gasteiger partial charge in [-0.1, -0.05) is 42.5 Å². The summed E-state index contributed by atoms with van der Waals surface area (Å²) in [6, 6.07) is 20.1. The molecule has 162 valence electrons. The number of nitrogens with one attached hydrogen (secondary N) is 1. The molecule has 0 saturated carbocycles. The van der Waals surface area contributed by atoms with E-state index in [9.17, 15) is 9.59 Å². The van der Waals surface area contributed by atoms with Gasteiger partial charge in [0.2, 0.25) is 11.8 Å². The van der Waals surface area contributed by atoms with Crippen molar-refractivity contribution >= 4 is 11.8 Å². The Labute approximate surface area is 187 Å². The van der Waals surface area contributed by atoms with Crippen LogP contribution in [0.3, 0.4) is 0 Å². The first kappa shape index (κ1) is 20.2. The molecule has 3 aromatic rings. The van der Waals surface area contributed by atoms with Crippen LogP contribution < -0.4 is 10.1 Å². The summed E-state index contributed by atoms with van der Waals surface area (Å²) in [6.07, 6.45) is 4.69. The number of rotatable bonds is 6. The van der Waals surface area contributed by atoms with Crippen molar-refractivity contribution in [2.24, 2.45) is 0 Å². The molecule has 0 aliphatic carbocycles. The van der Waals surface area contributed by atoms with Crippen LogP contribution in [0.25, 0.3) is 11.1 Å².